The maximum atomic E-state index is 4.61. The Balaban J connectivity index is 0.00000156. The SMILES string of the molecule is Cl.Cn1ccnc1C1CNCCN1Cc1cn2cccnc2n1. The molecule has 0 radical (unpaired) electrons. The van der Waals surface area contributed by atoms with Crippen molar-refractivity contribution >= 4 is 18.2 Å². The first kappa shape index (κ1) is 15.9. The van der Waals surface area contributed by atoms with E-state index in [1.165, 1.54) is 0 Å². The number of halogens is 1. The van der Waals surface area contributed by atoms with Gasteiger partial charge in [0, 0.05) is 64.2 Å². The smallest absolute Gasteiger partial charge is 0.233 e. The molecule has 8 heteroatoms. The molecule has 1 aliphatic rings. The monoisotopic (exact) mass is 333 g/mol. The summed E-state index contributed by atoms with van der Waals surface area (Å²) >= 11 is 0. The van der Waals surface area contributed by atoms with E-state index in [1.807, 2.05) is 36.1 Å². The summed E-state index contributed by atoms with van der Waals surface area (Å²) in [6.45, 7) is 3.70. The molecule has 1 fully saturated rings. The van der Waals surface area contributed by atoms with Crippen molar-refractivity contribution in [1.29, 1.82) is 0 Å². The van der Waals surface area contributed by atoms with Crippen LogP contribution in [0.1, 0.15) is 17.6 Å². The van der Waals surface area contributed by atoms with Gasteiger partial charge in [-0.1, -0.05) is 0 Å². The lowest BCUT2D eigenvalue weighted by molar-refractivity contribution is 0.143. The van der Waals surface area contributed by atoms with Crippen LogP contribution in [0.3, 0.4) is 0 Å². The first-order valence-corrected chi connectivity index (χ1v) is 7.52. The fourth-order valence-electron chi connectivity index (χ4n) is 3.05. The molecule has 7 nitrogen and oxygen atoms in total. The lowest BCUT2D eigenvalue weighted by atomic mass is 10.1. The average molecular weight is 334 g/mol. The minimum Gasteiger partial charge on any atom is -0.337 e. The van der Waals surface area contributed by atoms with Crippen LogP contribution in [0, 0.1) is 0 Å². The van der Waals surface area contributed by atoms with Gasteiger partial charge in [0.25, 0.3) is 0 Å². The van der Waals surface area contributed by atoms with Gasteiger partial charge in [0.15, 0.2) is 0 Å². The lowest BCUT2D eigenvalue weighted by Crippen LogP contribution is -2.46. The maximum Gasteiger partial charge on any atom is 0.233 e. The summed E-state index contributed by atoms with van der Waals surface area (Å²) in [6.07, 6.45) is 9.66. The van der Waals surface area contributed by atoms with E-state index in [-0.39, 0.29) is 18.4 Å². The van der Waals surface area contributed by atoms with Crippen LogP contribution in [0.2, 0.25) is 0 Å². The van der Waals surface area contributed by atoms with Crippen molar-refractivity contribution in [3.63, 3.8) is 0 Å². The largest absolute Gasteiger partial charge is 0.337 e. The van der Waals surface area contributed by atoms with Crippen molar-refractivity contribution < 1.29 is 0 Å². The van der Waals surface area contributed by atoms with E-state index in [1.54, 1.807) is 6.20 Å². The predicted molar refractivity (Wildman–Crippen MR) is 89.5 cm³/mol. The zero-order chi connectivity index (χ0) is 14.9. The number of hydrogen-bond acceptors (Lipinski definition) is 5. The van der Waals surface area contributed by atoms with E-state index in [0.29, 0.717) is 0 Å². The van der Waals surface area contributed by atoms with Gasteiger partial charge in [-0.15, -0.1) is 12.4 Å². The molecule has 3 aromatic rings. The first-order valence-electron chi connectivity index (χ1n) is 7.52. The summed E-state index contributed by atoms with van der Waals surface area (Å²) in [6, 6.07) is 2.19. The fourth-order valence-corrected chi connectivity index (χ4v) is 3.05. The Labute approximate surface area is 140 Å². The van der Waals surface area contributed by atoms with Crippen LogP contribution in [0.25, 0.3) is 5.78 Å². The van der Waals surface area contributed by atoms with E-state index in [9.17, 15) is 0 Å². The quantitative estimate of drug-likeness (QED) is 0.775. The second kappa shape index (κ2) is 6.66. The van der Waals surface area contributed by atoms with Crippen LogP contribution in [0.15, 0.2) is 37.1 Å². The van der Waals surface area contributed by atoms with Crippen molar-refractivity contribution in [3.05, 3.63) is 48.6 Å². The Morgan fingerprint density at radius 3 is 2.96 bits per heavy atom. The summed E-state index contributed by atoms with van der Waals surface area (Å²) < 4.78 is 4.06. The highest BCUT2D eigenvalue weighted by Crippen LogP contribution is 2.22. The Morgan fingerprint density at radius 1 is 1.26 bits per heavy atom. The second-order valence-electron chi connectivity index (χ2n) is 5.65. The number of imidazole rings is 2. The van der Waals surface area contributed by atoms with E-state index < -0.39 is 0 Å². The normalized spacial score (nSPS) is 18.9. The molecule has 122 valence electrons. The molecule has 0 amide bonds. The van der Waals surface area contributed by atoms with Gasteiger partial charge in [-0.25, -0.2) is 15.0 Å². The number of nitrogens with one attached hydrogen (secondary N) is 1. The lowest BCUT2D eigenvalue weighted by Gasteiger charge is -2.35. The van der Waals surface area contributed by atoms with Crippen molar-refractivity contribution in [1.82, 2.24) is 34.1 Å². The topological polar surface area (TPSA) is 63.3 Å². The van der Waals surface area contributed by atoms with Gasteiger partial charge in [-0.3, -0.25) is 9.30 Å². The number of hydrogen-bond donors (Lipinski definition) is 1. The molecule has 1 saturated heterocycles. The Bertz CT molecular complexity index is 748. The minimum atomic E-state index is 0. The highest BCUT2D eigenvalue weighted by atomic mass is 35.5. The fraction of sp³-hybridized carbons (Fsp3) is 0.400. The van der Waals surface area contributed by atoms with Crippen molar-refractivity contribution in [2.45, 2.75) is 12.6 Å². The van der Waals surface area contributed by atoms with E-state index >= 15 is 0 Å². The van der Waals surface area contributed by atoms with Gasteiger partial charge in [0.05, 0.1) is 11.7 Å². The molecule has 0 saturated carbocycles. The molecule has 0 bridgehead atoms. The average Bonchev–Trinajstić information content (AvgIpc) is 3.13. The molecule has 0 aliphatic carbocycles. The third-order valence-electron chi connectivity index (χ3n) is 4.16. The Kier molecular flexibility index (Phi) is 4.61. The molecule has 4 heterocycles. The van der Waals surface area contributed by atoms with Crippen LogP contribution >= 0.6 is 12.4 Å². The van der Waals surface area contributed by atoms with Gasteiger partial charge in [-0.2, -0.15) is 0 Å². The summed E-state index contributed by atoms with van der Waals surface area (Å²) in [4.78, 5) is 15.8. The van der Waals surface area contributed by atoms with Crippen LogP contribution in [-0.2, 0) is 13.6 Å². The van der Waals surface area contributed by atoms with Crippen LogP contribution in [-0.4, -0.2) is 48.5 Å². The second-order valence-corrected chi connectivity index (χ2v) is 5.65. The number of fused-ring (bicyclic) bond motifs is 1. The molecular weight excluding hydrogens is 314 g/mol. The molecule has 0 spiro atoms. The summed E-state index contributed by atoms with van der Waals surface area (Å²) in [5, 5.41) is 3.46. The zero-order valence-electron chi connectivity index (χ0n) is 13.0. The van der Waals surface area contributed by atoms with Crippen molar-refractivity contribution in [2.75, 3.05) is 19.6 Å². The van der Waals surface area contributed by atoms with E-state index in [2.05, 4.69) is 35.9 Å². The molecule has 4 rings (SSSR count). The van der Waals surface area contributed by atoms with Gasteiger partial charge in [0.2, 0.25) is 5.78 Å². The molecular formula is C15H20ClN7. The molecule has 1 unspecified atom stereocenters. The summed E-state index contributed by atoms with van der Waals surface area (Å²) in [7, 11) is 2.05. The number of rotatable bonds is 3. The number of aromatic nitrogens is 5. The standard InChI is InChI=1S/C15H19N7.ClH/c1-20-7-5-17-14(20)13-9-16-4-8-21(13)10-12-11-22-6-2-3-18-15(22)19-12;/h2-3,5-7,11,13,16H,4,8-10H2,1H3;1H. The van der Waals surface area contributed by atoms with Gasteiger partial charge in [-0.05, 0) is 6.07 Å². The highest BCUT2D eigenvalue weighted by molar-refractivity contribution is 5.85. The minimum absolute atomic E-state index is 0. The van der Waals surface area contributed by atoms with Gasteiger partial charge >= 0.3 is 0 Å². The summed E-state index contributed by atoms with van der Waals surface area (Å²) in [5.74, 6) is 1.84. The Morgan fingerprint density at radius 2 is 2.17 bits per heavy atom. The van der Waals surface area contributed by atoms with Gasteiger partial charge in [0.1, 0.15) is 5.82 Å². The van der Waals surface area contributed by atoms with Crippen molar-refractivity contribution in [2.24, 2.45) is 7.05 Å². The summed E-state index contributed by atoms with van der Waals surface area (Å²) in [5.41, 5.74) is 1.04. The third-order valence-corrected chi connectivity index (χ3v) is 4.16. The molecule has 0 aromatic carbocycles. The zero-order valence-corrected chi connectivity index (χ0v) is 13.8. The first-order chi connectivity index (χ1) is 10.8. The number of piperazine rings is 1. The molecule has 23 heavy (non-hydrogen) atoms. The van der Waals surface area contributed by atoms with E-state index in [0.717, 1.165) is 43.5 Å². The molecule has 1 N–H and O–H groups in total. The molecule has 1 aliphatic heterocycles. The number of aryl methyl sites for hydroxylation is 1. The highest BCUT2D eigenvalue weighted by Gasteiger charge is 2.27. The van der Waals surface area contributed by atoms with Gasteiger partial charge < -0.3 is 9.88 Å². The maximum absolute atomic E-state index is 4.61. The molecule has 3 aromatic heterocycles. The van der Waals surface area contributed by atoms with Crippen LogP contribution < -0.4 is 5.32 Å². The Hall–Kier alpha value is -1.96. The van der Waals surface area contributed by atoms with Crippen LogP contribution in [0.4, 0.5) is 0 Å². The third kappa shape index (κ3) is 3.08. The van der Waals surface area contributed by atoms with Crippen LogP contribution in [0.5, 0.6) is 0 Å². The van der Waals surface area contributed by atoms with Crippen molar-refractivity contribution in [3.8, 4) is 0 Å². The predicted octanol–water partition coefficient (Wildman–Crippen LogP) is 1.03. The number of nitrogens with zero attached hydrogens (tertiary/aromatic N) is 6. The van der Waals surface area contributed by atoms with E-state index in [4.69, 9.17) is 0 Å². The molecule has 1 atom stereocenters.